The molecule has 3 rings (SSSR count). The van der Waals surface area contributed by atoms with E-state index in [0.717, 1.165) is 0 Å². The number of nitrogens with zero attached hydrogens (tertiary/aromatic N) is 1. The van der Waals surface area contributed by atoms with Crippen LogP contribution in [0.5, 0.6) is 11.5 Å². The maximum Gasteiger partial charge on any atom is 0.178 e. The Hall–Kier alpha value is -2.69. The zero-order valence-electron chi connectivity index (χ0n) is 9.46. The summed E-state index contributed by atoms with van der Waals surface area (Å²) in [6, 6.07) is 12.5. The van der Waals surface area contributed by atoms with Crippen molar-refractivity contribution in [1.29, 1.82) is 0 Å². The lowest BCUT2D eigenvalue weighted by Gasteiger charge is -2.06. The van der Waals surface area contributed by atoms with Crippen LogP contribution in [0, 0.1) is 0 Å². The first kappa shape index (κ1) is 10.5. The van der Waals surface area contributed by atoms with Crippen molar-refractivity contribution in [3.8, 4) is 11.5 Å². The average molecular weight is 241 g/mol. The number of hydrogen-bond acceptors (Lipinski definition) is 5. The molecule has 1 aromatic heterocycles. The molecular formula is C13H11N3O2. The molecule has 4 N–H and O–H groups in total. The van der Waals surface area contributed by atoms with Crippen LogP contribution in [0.4, 0.5) is 11.5 Å². The summed E-state index contributed by atoms with van der Waals surface area (Å²) in [6.07, 6.45) is 0. The van der Waals surface area contributed by atoms with E-state index in [1.165, 1.54) is 0 Å². The van der Waals surface area contributed by atoms with Crippen molar-refractivity contribution in [2.24, 2.45) is 0 Å². The number of aromatic nitrogens is 1. The highest BCUT2D eigenvalue weighted by molar-refractivity contribution is 5.92. The summed E-state index contributed by atoms with van der Waals surface area (Å²) in [7, 11) is 0. The number of nitrogens with two attached hydrogens (primary N) is 2. The molecule has 1 heterocycles. The van der Waals surface area contributed by atoms with Crippen LogP contribution in [0.2, 0.25) is 0 Å². The molecule has 0 spiro atoms. The van der Waals surface area contributed by atoms with Crippen LogP contribution in [-0.4, -0.2) is 5.16 Å². The molecule has 0 unspecified atom stereocenters. The number of anilines is 2. The summed E-state index contributed by atoms with van der Waals surface area (Å²) in [4.78, 5) is 0. The number of hydrogen-bond donors (Lipinski definition) is 2. The van der Waals surface area contributed by atoms with Crippen LogP contribution in [0.3, 0.4) is 0 Å². The molecule has 0 aliphatic carbocycles. The van der Waals surface area contributed by atoms with Gasteiger partial charge in [-0.25, -0.2) is 0 Å². The molecular weight excluding hydrogens is 230 g/mol. The molecule has 0 radical (unpaired) electrons. The van der Waals surface area contributed by atoms with Gasteiger partial charge < -0.3 is 20.7 Å². The van der Waals surface area contributed by atoms with E-state index < -0.39 is 0 Å². The number of nitrogen functional groups attached to an aromatic ring is 2. The summed E-state index contributed by atoms with van der Waals surface area (Å²) in [5.74, 6) is 1.60. The summed E-state index contributed by atoms with van der Waals surface area (Å²) in [5, 5.41) is 4.39. The third-order valence-electron chi connectivity index (χ3n) is 2.59. The fourth-order valence-electron chi connectivity index (χ4n) is 1.73. The number of rotatable bonds is 2. The van der Waals surface area contributed by atoms with Crippen LogP contribution in [0.15, 0.2) is 47.0 Å². The van der Waals surface area contributed by atoms with Crippen molar-refractivity contribution >= 4 is 22.5 Å². The second kappa shape index (κ2) is 3.96. The predicted molar refractivity (Wildman–Crippen MR) is 69.3 cm³/mol. The van der Waals surface area contributed by atoms with E-state index in [9.17, 15) is 0 Å². The third-order valence-corrected chi connectivity index (χ3v) is 2.59. The van der Waals surface area contributed by atoms with Gasteiger partial charge in [0.1, 0.15) is 16.9 Å². The van der Waals surface area contributed by atoms with Crippen molar-refractivity contribution in [2.45, 2.75) is 0 Å². The Morgan fingerprint density at radius 1 is 1.00 bits per heavy atom. The summed E-state index contributed by atoms with van der Waals surface area (Å²) < 4.78 is 10.8. The minimum Gasteiger partial charge on any atom is -0.456 e. The first-order chi connectivity index (χ1) is 8.74. The van der Waals surface area contributed by atoms with Gasteiger partial charge in [-0.3, -0.25) is 0 Å². The Morgan fingerprint density at radius 3 is 2.56 bits per heavy atom. The van der Waals surface area contributed by atoms with E-state index in [-0.39, 0.29) is 0 Å². The highest BCUT2D eigenvalue weighted by Crippen LogP contribution is 2.33. The minimum absolute atomic E-state index is 0.316. The van der Waals surface area contributed by atoms with Crippen molar-refractivity contribution in [1.82, 2.24) is 5.16 Å². The number of ether oxygens (including phenoxy) is 1. The van der Waals surface area contributed by atoms with E-state index in [4.69, 9.17) is 20.7 Å². The van der Waals surface area contributed by atoms with E-state index in [0.29, 0.717) is 34.0 Å². The molecule has 0 amide bonds. The second-order valence-corrected chi connectivity index (χ2v) is 3.87. The van der Waals surface area contributed by atoms with Crippen molar-refractivity contribution in [2.75, 3.05) is 11.5 Å². The first-order valence-corrected chi connectivity index (χ1v) is 5.41. The van der Waals surface area contributed by atoms with Gasteiger partial charge in [-0.2, -0.15) is 0 Å². The van der Waals surface area contributed by atoms with Gasteiger partial charge in [-0.1, -0.05) is 11.2 Å². The fourth-order valence-corrected chi connectivity index (χ4v) is 1.73. The van der Waals surface area contributed by atoms with Crippen molar-refractivity contribution in [3.05, 3.63) is 42.5 Å². The smallest absolute Gasteiger partial charge is 0.178 e. The minimum atomic E-state index is 0.316. The quantitative estimate of drug-likeness (QED) is 0.673. The summed E-state index contributed by atoms with van der Waals surface area (Å²) >= 11 is 0. The molecule has 0 saturated heterocycles. The van der Waals surface area contributed by atoms with Gasteiger partial charge in [0.15, 0.2) is 11.4 Å². The first-order valence-electron chi connectivity index (χ1n) is 5.41. The standard InChI is InChI=1S/C13H11N3O2/c14-8-4-6-9(7-5-8)17-10-2-1-3-11-12(10)13(15)16-18-11/h1-7H,14H2,(H2,15,16). The molecule has 3 aromatic rings. The van der Waals surface area contributed by atoms with Crippen LogP contribution >= 0.6 is 0 Å². The lowest BCUT2D eigenvalue weighted by Crippen LogP contribution is -1.89. The average Bonchev–Trinajstić information content (AvgIpc) is 2.75. The van der Waals surface area contributed by atoms with E-state index in [1.807, 2.05) is 12.1 Å². The molecule has 0 saturated carbocycles. The Bertz CT molecular complexity index is 689. The Balaban J connectivity index is 2.04. The monoisotopic (exact) mass is 241 g/mol. The maximum atomic E-state index is 5.75. The van der Waals surface area contributed by atoms with Crippen LogP contribution in [-0.2, 0) is 0 Å². The van der Waals surface area contributed by atoms with Crippen LogP contribution in [0.25, 0.3) is 11.0 Å². The molecule has 0 aliphatic rings. The van der Waals surface area contributed by atoms with E-state index >= 15 is 0 Å². The number of benzene rings is 2. The zero-order valence-corrected chi connectivity index (χ0v) is 9.46. The normalized spacial score (nSPS) is 10.7. The lowest BCUT2D eigenvalue weighted by atomic mass is 10.2. The van der Waals surface area contributed by atoms with Gasteiger partial charge in [0.2, 0.25) is 0 Å². The SMILES string of the molecule is Nc1ccc(Oc2cccc3onc(N)c23)cc1. The second-order valence-electron chi connectivity index (χ2n) is 3.87. The molecule has 0 bridgehead atoms. The summed E-state index contributed by atoms with van der Waals surface area (Å²) in [6.45, 7) is 0. The van der Waals surface area contributed by atoms with Gasteiger partial charge in [-0.15, -0.1) is 0 Å². The Morgan fingerprint density at radius 2 is 1.78 bits per heavy atom. The largest absolute Gasteiger partial charge is 0.456 e. The van der Waals surface area contributed by atoms with E-state index in [2.05, 4.69) is 5.16 Å². The number of fused-ring (bicyclic) bond motifs is 1. The topological polar surface area (TPSA) is 87.3 Å². The van der Waals surface area contributed by atoms with Crippen LogP contribution < -0.4 is 16.2 Å². The van der Waals surface area contributed by atoms with E-state index in [1.54, 1.807) is 30.3 Å². The molecule has 5 nitrogen and oxygen atoms in total. The summed E-state index contributed by atoms with van der Waals surface area (Å²) in [5.41, 5.74) is 12.7. The highest BCUT2D eigenvalue weighted by Gasteiger charge is 2.11. The highest BCUT2D eigenvalue weighted by atomic mass is 16.5. The van der Waals surface area contributed by atoms with Gasteiger partial charge in [0.25, 0.3) is 0 Å². The predicted octanol–water partition coefficient (Wildman–Crippen LogP) is 2.78. The van der Waals surface area contributed by atoms with Gasteiger partial charge >= 0.3 is 0 Å². The fraction of sp³-hybridized carbons (Fsp3) is 0. The molecule has 0 aliphatic heterocycles. The molecule has 90 valence electrons. The van der Waals surface area contributed by atoms with Crippen molar-refractivity contribution in [3.63, 3.8) is 0 Å². The van der Waals surface area contributed by atoms with Gasteiger partial charge in [0, 0.05) is 5.69 Å². The Kier molecular flexibility index (Phi) is 2.30. The Labute approximate surface area is 103 Å². The van der Waals surface area contributed by atoms with Gasteiger partial charge in [0.05, 0.1) is 0 Å². The van der Waals surface area contributed by atoms with Crippen molar-refractivity contribution < 1.29 is 9.26 Å². The molecule has 2 aromatic carbocycles. The van der Waals surface area contributed by atoms with Crippen LogP contribution in [0.1, 0.15) is 0 Å². The molecule has 0 atom stereocenters. The molecule has 0 fully saturated rings. The maximum absolute atomic E-state index is 5.75. The lowest BCUT2D eigenvalue weighted by molar-refractivity contribution is 0.459. The zero-order chi connectivity index (χ0) is 12.5. The van der Waals surface area contributed by atoms with Gasteiger partial charge in [-0.05, 0) is 36.4 Å². The molecule has 5 heteroatoms. The molecule has 18 heavy (non-hydrogen) atoms. The third kappa shape index (κ3) is 1.71.